The summed E-state index contributed by atoms with van der Waals surface area (Å²) in [4.78, 5) is 12.0. The van der Waals surface area contributed by atoms with Gasteiger partial charge in [-0.1, -0.05) is 41.4 Å². The first-order chi connectivity index (χ1) is 7.95. The highest BCUT2D eigenvalue weighted by Crippen LogP contribution is 2.16. The van der Waals surface area contributed by atoms with Crippen molar-refractivity contribution < 1.29 is 4.79 Å². The van der Waals surface area contributed by atoms with Gasteiger partial charge in [-0.15, -0.1) is 0 Å². The maximum absolute atomic E-state index is 12.0. The van der Waals surface area contributed by atoms with Gasteiger partial charge in [0, 0.05) is 22.0 Å². The number of halogens is 2. The minimum Gasteiger partial charge on any atom is -0.348 e. The Hall–Kier alpha value is -0.540. The van der Waals surface area contributed by atoms with Crippen LogP contribution in [0.1, 0.15) is 29.8 Å². The second kappa shape index (κ2) is 6.41. The van der Waals surface area contributed by atoms with Gasteiger partial charge in [-0.25, -0.2) is 0 Å². The zero-order chi connectivity index (χ0) is 13.0. The van der Waals surface area contributed by atoms with Crippen molar-refractivity contribution in [2.24, 2.45) is 5.92 Å². The van der Waals surface area contributed by atoms with E-state index in [9.17, 15) is 4.79 Å². The fourth-order valence-electron chi connectivity index (χ4n) is 1.42. The van der Waals surface area contributed by atoms with Gasteiger partial charge in [-0.05, 0) is 36.6 Å². The number of rotatable bonds is 4. The van der Waals surface area contributed by atoms with E-state index in [0.717, 1.165) is 10.9 Å². The fourth-order valence-corrected chi connectivity index (χ4v) is 2.45. The molecule has 0 spiro atoms. The summed E-state index contributed by atoms with van der Waals surface area (Å²) in [5, 5.41) is 4.44. The van der Waals surface area contributed by atoms with Crippen LogP contribution < -0.4 is 5.32 Å². The Morgan fingerprint density at radius 2 is 2.12 bits per heavy atom. The SMILES string of the molecule is Cc1cc(C(=O)NC(CBr)C(C)C)ccc1Cl. The van der Waals surface area contributed by atoms with Gasteiger partial charge in [0.15, 0.2) is 0 Å². The van der Waals surface area contributed by atoms with Crippen LogP contribution in [0.2, 0.25) is 5.02 Å². The van der Waals surface area contributed by atoms with Crippen LogP contribution in [0.25, 0.3) is 0 Å². The maximum atomic E-state index is 12.0. The van der Waals surface area contributed by atoms with Gasteiger partial charge < -0.3 is 5.32 Å². The normalized spacial score (nSPS) is 12.6. The van der Waals surface area contributed by atoms with E-state index in [1.54, 1.807) is 12.1 Å². The molecule has 1 N–H and O–H groups in total. The predicted molar refractivity (Wildman–Crippen MR) is 76.1 cm³/mol. The quantitative estimate of drug-likeness (QED) is 0.841. The highest BCUT2D eigenvalue weighted by atomic mass is 79.9. The molecule has 1 rings (SSSR count). The zero-order valence-corrected chi connectivity index (χ0v) is 12.6. The second-order valence-corrected chi connectivity index (χ2v) is 5.50. The Labute approximate surface area is 116 Å². The number of benzene rings is 1. The smallest absolute Gasteiger partial charge is 0.251 e. The van der Waals surface area contributed by atoms with Crippen LogP contribution in [0.15, 0.2) is 18.2 Å². The van der Waals surface area contributed by atoms with E-state index in [1.165, 1.54) is 0 Å². The molecule has 1 aromatic carbocycles. The van der Waals surface area contributed by atoms with Gasteiger partial charge in [-0.2, -0.15) is 0 Å². The van der Waals surface area contributed by atoms with E-state index in [1.807, 2.05) is 13.0 Å². The van der Waals surface area contributed by atoms with Gasteiger partial charge >= 0.3 is 0 Å². The lowest BCUT2D eigenvalue weighted by molar-refractivity contribution is 0.0931. The number of hydrogen-bond acceptors (Lipinski definition) is 1. The highest BCUT2D eigenvalue weighted by Gasteiger charge is 2.16. The Kier molecular flexibility index (Phi) is 5.47. The molecule has 0 aromatic heterocycles. The van der Waals surface area contributed by atoms with Crippen molar-refractivity contribution in [1.82, 2.24) is 5.32 Å². The summed E-state index contributed by atoms with van der Waals surface area (Å²) < 4.78 is 0. The molecule has 17 heavy (non-hydrogen) atoms. The lowest BCUT2D eigenvalue weighted by Crippen LogP contribution is -2.39. The Balaban J connectivity index is 2.79. The van der Waals surface area contributed by atoms with E-state index in [-0.39, 0.29) is 11.9 Å². The zero-order valence-electron chi connectivity index (χ0n) is 10.3. The average molecular weight is 319 g/mol. The molecule has 4 heteroatoms. The van der Waals surface area contributed by atoms with Gasteiger partial charge in [0.2, 0.25) is 0 Å². The second-order valence-electron chi connectivity index (χ2n) is 4.44. The predicted octanol–water partition coefficient (Wildman–Crippen LogP) is 3.80. The topological polar surface area (TPSA) is 29.1 Å². The number of aryl methyl sites for hydroxylation is 1. The maximum Gasteiger partial charge on any atom is 0.251 e. The van der Waals surface area contributed by atoms with Crippen molar-refractivity contribution in [3.8, 4) is 0 Å². The molecule has 0 bridgehead atoms. The van der Waals surface area contributed by atoms with Gasteiger partial charge in [-0.3, -0.25) is 4.79 Å². The molecule has 1 amide bonds. The first-order valence-electron chi connectivity index (χ1n) is 5.58. The average Bonchev–Trinajstić information content (AvgIpc) is 2.28. The Bertz CT molecular complexity index is 406. The number of nitrogens with one attached hydrogen (secondary N) is 1. The minimum atomic E-state index is -0.0529. The van der Waals surface area contributed by atoms with Crippen LogP contribution in [-0.4, -0.2) is 17.3 Å². The third-order valence-corrected chi connectivity index (χ3v) is 3.83. The van der Waals surface area contributed by atoms with Crippen molar-refractivity contribution >= 4 is 33.4 Å². The van der Waals surface area contributed by atoms with Gasteiger partial charge in [0.05, 0.1) is 0 Å². The number of hydrogen-bond donors (Lipinski definition) is 1. The van der Waals surface area contributed by atoms with Crippen molar-refractivity contribution in [3.05, 3.63) is 34.3 Å². The Morgan fingerprint density at radius 1 is 1.47 bits per heavy atom. The largest absolute Gasteiger partial charge is 0.348 e. The molecule has 0 aliphatic heterocycles. The lowest BCUT2D eigenvalue weighted by Gasteiger charge is -2.20. The van der Waals surface area contributed by atoms with Crippen molar-refractivity contribution in [3.63, 3.8) is 0 Å². The monoisotopic (exact) mass is 317 g/mol. The fraction of sp³-hybridized carbons (Fsp3) is 0.462. The summed E-state index contributed by atoms with van der Waals surface area (Å²) in [5.74, 6) is 0.342. The standard InChI is InChI=1S/C13H17BrClNO/c1-8(2)12(7-14)16-13(17)10-4-5-11(15)9(3)6-10/h4-6,8,12H,7H2,1-3H3,(H,16,17). The number of amides is 1. The molecular weight excluding hydrogens is 302 g/mol. The summed E-state index contributed by atoms with van der Waals surface area (Å²) in [7, 11) is 0. The molecule has 1 aromatic rings. The highest BCUT2D eigenvalue weighted by molar-refractivity contribution is 9.09. The summed E-state index contributed by atoms with van der Waals surface area (Å²) in [5.41, 5.74) is 1.57. The lowest BCUT2D eigenvalue weighted by atomic mass is 10.1. The summed E-state index contributed by atoms with van der Waals surface area (Å²) >= 11 is 9.34. The first kappa shape index (κ1) is 14.5. The van der Waals surface area contributed by atoms with Crippen LogP contribution in [0.4, 0.5) is 0 Å². The van der Waals surface area contributed by atoms with Crippen molar-refractivity contribution in [2.75, 3.05) is 5.33 Å². The van der Waals surface area contributed by atoms with E-state index in [4.69, 9.17) is 11.6 Å². The van der Waals surface area contributed by atoms with Crippen LogP contribution in [0, 0.1) is 12.8 Å². The van der Waals surface area contributed by atoms with Gasteiger partial charge in [0.25, 0.3) is 5.91 Å². The van der Waals surface area contributed by atoms with Crippen LogP contribution in [-0.2, 0) is 0 Å². The molecule has 0 aliphatic rings. The van der Waals surface area contributed by atoms with E-state index < -0.39 is 0 Å². The van der Waals surface area contributed by atoms with E-state index >= 15 is 0 Å². The van der Waals surface area contributed by atoms with E-state index in [0.29, 0.717) is 16.5 Å². The molecule has 0 saturated carbocycles. The number of alkyl halides is 1. The van der Waals surface area contributed by atoms with E-state index in [2.05, 4.69) is 35.1 Å². The third-order valence-electron chi connectivity index (χ3n) is 2.71. The molecule has 0 fully saturated rings. The Morgan fingerprint density at radius 3 is 2.59 bits per heavy atom. The molecule has 0 heterocycles. The summed E-state index contributed by atoms with van der Waals surface area (Å²) in [6.45, 7) is 6.06. The molecule has 1 unspecified atom stereocenters. The van der Waals surface area contributed by atoms with Gasteiger partial charge in [0.1, 0.15) is 0 Å². The summed E-state index contributed by atoms with van der Waals surface area (Å²) in [6.07, 6.45) is 0. The van der Waals surface area contributed by atoms with Crippen LogP contribution in [0.5, 0.6) is 0 Å². The number of carbonyl (C=O) groups is 1. The third kappa shape index (κ3) is 4.00. The van der Waals surface area contributed by atoms with Crippen molar-refractivity contribution in [1.29, 1.82) is 0 Å². The van der Waals surface area contributed by atoms with Crippen LogP contribution >= 0.6 is 27.5 Å². The molecule has 2 nitrogen and oxygen atoms in total. The number of carbonyl (C=O) groups excluding carboxylic acids is 1. The molecule has 0 radical (unpaired) electrons. The first-order valence-corrected chi connectivity index (χ1v) is 7.08. The minimum absolute atomic E-state index is 0.0529. The summed E-state index contributed by atoms with van der Waals surface area (Å²) in [6, 6.07) is 5.45. The molecule has 1 atom stereocenters. The van der Waals surface area contributed by atoms with Crippen LogP contribution in [0.3, 0.4) is 0 Å². The molecule has 94 valence electrons. The molecular formula is C13H17BrClNO. The molecule has 0 saturated heterocycles. The van der Waals surface area contributed by atoms with Crippen molar-refractivity contribution in [2.45, 2.75) is 26.8 Å². The molecule has 0 aliphatic carbocycles.